The third-order valence-corrected chi connectivity index (χ3v) is 5.40. The maximum Gasteiger partial charge on any atom is 0.201 e. The van der Waals surface area contributed by atoms with Crippen LogP contribution in [0.5, 0.6) is 0 Å². The Kier molecular flexibility index (Phi) is 3.90. The zero-order chi connectivity index (χ0) is 22.4. The lowest BCUT2D eigenvalue weighted by Crippen LogP contribution is -1.98. The summed E-state index contributed by atoms with van der Waals surface area (Å²) in [6.07, 6.45) is 0. The fourth-order valence-corrected chi connectivity index (χ4v) is 4.09. The third-order valence-electron chi connectivity index (χ3n) is 5.40. The van der Waals surface area contributed by atoms with E-state index >= 15 is 0 Å². The first-order valence-corrected chi connectivity index (χ1v) is 9.25. The van der Waals surface area contributed by atoms with Gasteiger partial charge in [0.1, 0.15) is 12.1 Å². The van der Waals surface area contributed by atoms with Gasteiger partial charge in [0.15, 0.2) is 22.8 Å². The van der Waals surface area contributed by atoms with Crippen LogP contribution in [-0.4, -0.2) is 9.97 Å². The highest BCUT2D eigenvalue weighted by molar-refractivity contribution is 6.34. The Morgan fingerprint density at radius 3 is 1.97 bits per heavy atom. The molecular weight excluding hydrogens is 398 g/mol. The molecule has 0 saturated heterocycles. The second kappa shape index (κ2) is 6.76. The second-order valence-electron chi connectivity index (χ2n) is 6.90. The number of hydrogen-bond donors (Lipinski definition) is 0. The summed E-state index contributed by atoms with van der Waals surface area (Å²) >= 11 is 0. The van der Waals surface area contributed by atoms with Gasteiger partial charge < -0.3 is 0 Å². The van der Waals surface area contributed by atoms with E-state index < -0.39 is 0 Å². The average molecular weight is 405 g/mol. The van der Waals surface area contributed by atoms with E-state index in [1.807, 2.05) is 48.5 Å². The van der Waals surface area contributed by atoms with Crippen LogP contribution in [0.25, 0.3) is 57.9 Å². The Labute approximate surface area is 181 Å². The molecule has 0 amide bonds. The van der Waals surface area contributed by atoms with Crippen LogP contribution in [0.15, 0.2) is 42.5 Å². The molecule has 0 N–H and O–H groups in total. The van der Waals surface area contributed by atoms with Crippen LogP contribution in [-0.2, 0) is 0 Å². The first kappa shape index (κ1) is 18.5. The number of nitriles is 2. The fraction of sp³-hybridized carbons (Fsp3) is 0. The van der Waals surface area contributed by atoms with Gasteiger partial charge in [0, 0.05) is 5.39 Å². The Hall–Kier alpha value is -5.55. The van der Waals surface area contributed by atoms with Gasteiger partial charge in [-0.1, -0.05) is 42.5 Å². The first-order valence-electron chi connectivity index (χ1n) is 9.25. The SMILES string of the molecule is [C-]#[N+]c1cc2c3nc(C#N)c(C#N)nc3c3ccc4ccccc4c3c2c([N+]#[C-])c1[N+]#[C-]. The van der Waals surface area contributed by atoms with Crippen LogP contribution in [0.4, 0.5) is 17.1 Å². The smallest absolute Gasteiger partial charge is 0.201 e. The minimum Gasteiger partial charge on any atom is -0.262 e. The van der Waals surface area contributed by atoms with E-state index in [4.69, 9.17) is 19.7 Å². The van der Waals surface area contributed by atoms with E-state index in [0.717, 1.165) is 10.8 Å². The van der Waals surface area contributed by atoms with Crippen molar-refractivity contribution in [3.05, 3.63) is 88.1 Å². The van der Waals surface area contributed by atoms with Crippen molar-refractivity contribution in [2.45, 2.75) is 0 Å². The van der Waals surface area contributed by atoms with Crippen molar-refractivity contribution in [3.63, 3.8) is 0 Å². The number of rotatable bonds is 0. The van der Waals surface area contributed by atoms with Crippen molar-refractivity contribution in [1.82, 2.24) is 9.97 Å². The predicted molar refractivity (Wildman–Crippen MR) is 120 cm³/mol. The topological polar surface area (TPSA) is 86.4 Å². The molecule has 7 heteroatoms. The standard InChI is InChI=1S/C25H7N7/c1-28-17-10-16-21(25(30-3)24(17)29-2)20-14-7-5-4-6-13(14)8-9-15(20)22-23(16)32-19(12-27)18(11-26)31-22/h4-10H. The minimum absolute atomic E-state index is 0.0156. The van der Waals surface area contributed by atoms with E-state index in [1.54, 1.807) is 0 Å². The summed E-state index contributed by atoms with van der Waals surface area (Å²) in [7, 11) is 0. The monoisotopic (exact) mass is 405 g/mol. The molecule has 7 nitrogen and oxygen atoms in total. The van der Waals surface area contributed by atoms with Gasteiger partial charge in [-0.2, -0.15) is 10.5 Å². The summed E-state index contributed by atoms with van der Waals surface area (Å²) in [5.74, 6) is 0. The summed E-state index contributed by atoms with van der Waals surface area (Å²) in [6, 6.07) is 16.7. The Balaban J connectivity index is 2.27. The van der Waals surface area contributed by atoms with Gasteiger partial charge >= 0.3 is 0 Å². The summed E-state index contributed by atoms with van der Waals surface area (Å²) in [6.45, 7) is 22.9. The lowest BCUT2D eigenvalue weighted by molar-refractivity contribution is 1.21. The molecule has 0 saturated carbocycles. The van der Waals surface area contributed by atoms with Gasteiger partial charge in [-0.3, -0.25) is 14.5 Å². The Bertz CT molecular complexity index is 1880. The lowest BCUT2D eigenvalue weighted by Gasteiger charge is -2.15. The van der Waals surface area contributed by atoms with E-state index in [-0.39, 0.29) is 28.5 Å². The molecule has 0 unspecified atom stereocenters. The van der Waals surface area contributed by atoms with Gasteiger partial charge in [0.25, 0.3) is 0 Å². The fourth-order valence-electron chi connectivity index (χ4n) is 4.09. The molecule has 4 aromatic carbocycles. The summed E-state index contributed by atoms with van der Waals surface area (Å²) in [5.41, 5.74) is 0.561. The van der Waals surface area contributed by atoms with Crippen molar-refractivity contribution >= 4 is 60.4 Å². The van der Waals surface area contributed by atoms with Crippen LogP contribution in [0.1, 0.15) is 11.4 Å². The minimum atomic E-state index is -0.135. The van der Waals surface area contributed by atoms with E-state index in [2.05, 4.69) is 24.5 Å². The zero-order valence-corrected chi connectivity index (χ0v) is 16.2. The Morgan fingerprint density at radius 1 is 0.688 bits per heavy atom. The molecule has 0 radical (unpaired) electrons. The number of nitrogens with zero attached hydrogens (tertiary/aromatic N) is 7. The van der Waals surface area contributed by atoms with E-state index in [0.29, 0.717) is 32.6 Å². The third kappa shape index (κ3) is 2.30. The van der Waals surface area contributed by atoms with E-state index in [1.165, 1.54) is 6.07 Å². The van der Waals surface area contributed by atoms with Crippen molar-refractivity contribution in [2.24, 2.45) is 0 Å². The maximum absolute atomic E-state index is 9.48. The average Bonchev–Trinajstić information content (AvgIpc) is 2.85. The number of fused-ring (bicyclic) bond motifs is 8. The number of benzene rings is 4. The molecule has 5 rings (SSSR count). The molecule has 0 aliphatic heterocycles. The van der Waals surface area contributed by atoms with Gasteiger partial charge in [0.05, 0.1) is 30.7 Å². The zero-order valence-electron chi connectivity index (χ0n) is 16.2. The van der Waals surface area contributed by atoms with Crippen molar-refractivity contribution in [3.8, 4) is 12.1 Å². The molecule has 0 spiro atoms. The normalized spacial score (nSPS) is 10.3. The molecule has 0 aliphatic carbocycles. The number of hydrogen-bond acceptors (Lipinski definition) is 4. The summed E-state index contributed by atoms with van der Waals surface area (Å²) in [4.78, 5) is 19.4. The quantitative estimate of drug-likeness (QED) is 0.218. The molecule has 0 aliphatic rings. The molecule has 1 heterocycles. The van der Waals surface area contributed by atoms with Crippen LogP contribution >= 0.6 is 0 Å². The van der Waals surface area contributed by atoms with Crippen LogP contribution < -0.4 is 0 Å². The second-order valence-corrected chi connectivity index (χ2v) is 6.90. The van der Waals surface area contributed by atoms with Crippen molar-refractivity contribution in [2.75, 3.05) is 0 Å². The highest BCUT2D eigenvalue weighted by Gasteiger charge is 2.22. The Morgan fingerprint density at radius 2 is 1.34 bits per heavy atom. The molecular formula is C25H7N7. The van der Waals surface area contributed by atoms with Gasteiger partial charge in [-0.15, -0.1) is 0 Å². The molecule has 0 atom stereocenters. The largest absolute Gasteiger partial charge is 0.262 e. The number of aromatic nitrogens is 2. The maximum atomic E-state index is 9.48. The van der Waals surface area contributed by atoms with Gasteiger partial charge in [0.2, 0.25) is 5.69 Å². The molecule has 1 aromatic heterocycles. The first-order chi connectivity index (χ1) is 15.7. The lowest BCUT2D eigenvalue weighted by atomic mass is 9.92. The molecule has 32 heavy (non-hydrogen) atoms. The predicted octanol–water partition coefficient (Wildman–Crippen LogP) is 6.49. The van der Waals surface area contributed by atoms with Gasteiger partial charge in [-0.05, 0) is 26.9 Å². The molecule has 5 aromatic rings. The summed E-state index contributed by atoms with van der Waals surface area (Å²) in [5, 5.41) is 23.0. The van der Waals surface area contributed by atoms with Crippen LogP contribution in [0.2, 0.25) is 0 Å². The highest BCUT2D eigenvalue weighted by atomic mass is 14.8. The van der Waals surface area contributed by atoms with Gasteiger partial charge in [-0.25, -0.2) is 9.97 Å². The molecule has 142 valence electrons. The highest BCUT2D eigenvalue weighted by Crippen LogP contribution is 2.49. The van der Waals surface area contributed by atoms with Crippen LogP contribution in [0, 0.1) is 42.4 Å². The van der Waals surface area contributed by atoms with Crippen LogP contribution in [0.3, 0.4) is 0 Å². The summed E-state index contributed by atoms with van der Waals surface area (Å²) < 4.78 is 0. The van der Waals surface area contributed by atoms with Crippen molar-refractivity contribution in [1.29, 1.82) is 10.5 Å². The molecule has 0 bridgehead atoms. The van der Waals surface area contributed by atoms with Crippen molar-refractivity contribution < 1.29 is 0 Å². The van der Waals surface area contributed by atoms with E-state index in [9.17, 15) is 10.5 Å². The molecule has 0 fully saturated rings.